The number of anilines is 1. The van der Waals surface area contributed by atoms with Gasteiger partial charge in [0.15, 0.2) is 11.5 Å². The molecule has 0 saturated heterocycles. The zero-order valence-corrected chi connectivity index (χ0v) is 17.3. The molecule has 2 heterocycles. The first-order valence-electron chi connectivity index (χ1n) is 9.24. The number of ether oxygens (including phenoxy) is 2. The topological polar surface area (TPSA) is 65.4 Å². The van der Waals surface area contributed by atoms with Gasteiger partial charge in [0.2, 0.25) is 5.91 Å². The summed E-state index contributed by atoms with van der Waals surface area (Å²) in [6, 6.07) is 11.4. The van der Waals surface area contributed by atoms with Crippen molar-refractivity contribution in [2.24, 2.45) is 0 Å². The van der Waals surface area contributed by atoms with Crippen LogP contribution in [0.2, 0.25) is 0 Å². The van der Waals surface area contributed by atoms with E-state index in [1.54, 1.807) is 61.0 Å². The molecule has 6 nitrogen and oxygen atoms in total. The van der Waals surface area contributed by atoms with Crippen LogP contribution in [0.5, 0.6) is 11.5 Å². The minimum Gasteiger partial charge on any atom is -0.493 e. The number of amides is 1. The van der Waals surface area contributed by atoms with Crippen LogP contribution in [0, 0.1) is 5.82 Å². The lowest BCUT2D eigenvalue weighted by atomic mass is 10.2. The lowest BCUT2D eigenvalue weighted by molar-refractivity contribution is -0.111. The molecule has 1 aliphatic heterocycles. The molecular formula is C22H20FN3O3S. The molecule has 0 fully saturated rings. The van der Waals surface area contributed by atoms with Crippen molar-refractivity contribution in [3.05, 3.63) is 71.2 Å². The molecule has 1 amide bonds. The van der Waals surface area contributed by atoms with Gasteiger partial charge >= 0.3 is 0 Å². The minimum atomic E-state index is -0.322. The summed E-state index contributed by atoms with van der Waals surface area (Å²) >= 11 is 1.74. The minimum absolute atomic E-state index is 0.284. The van der Waals surface area contributed by atoms with Gasteiger partial charge in [-0.1, -0.05) is 6.07 Å². The average Bonchev–Trinajstić information content (AvgIpc) is 3.35. The number of methoxy groups -OCH3 is 2. The molecule has 0 bridgehead atoms. The second kappa shape index (κ2) is 8.62. The summed E-state index contributed by atoms with van der Waals surface area (Å²) in [6.45, 7) is 0. The van der Waals surface area contributed by atoms with E-state index >= 15 is 0 Å². The van der Waals surface area contributed by atoms with Gasteiger partial charge < -0.3 is 14.8 Å². The molecule has 1 aromatic heterocycles. The first-order chi connectivity index (χ1) is 14.6. The zero-order chi connectivity index (χ0) is 21.1. The Morgan fingerprint density at radius 2 is 1.90 bits per heavy atom. The van der Waals surface area contributed by atoms with Crippen molar-refractivity contribution in [2.45, 2.75) is 11.5 Å². The monoisotopic (exact) mass is 425 g/mol. The Morgan fingerprint density at radius 1 is 1.13 bits per heavy atom. The standard InChI is InChI=1S/C22H20FN3O3S/c1-28-19-9-3-14(11-20(19)29-2)4-10-21(27)24-22-17-12-30-13-18(17)25-26(22)16-7-5-15(23)6-8-16/h3-11H,12-13H2,1-2H3,(H,24,27)/b10-4+. The summed E-state index contributed by atoms with van der Waals surface area (Å²) in [4.78, 5) is 12.6. The summed E-state index contributed by atoms with van der Waals surface area (Å²) in [5, 5.41) is 7.54. The number of halogens is 1. The molecule has 3 aromatic rings. The van der Waals surface area contributed by atoms with Crippen molar-refractivity contribution < 1.29 is 18.7 Å². The van der Waals surface area contributed by atoms with Crippen LogP contribution in [0.15, 0.2) is 48.5 Å². The highest BCUT2D eigenvalue weighted by Gasteiger charge is 2.24. The Kier molecular flexibility index (Phi) is 5.76. The fourth-order valence-corrected chi connectivity index (χ4v) is 4.23. The van der Waals surface area contributed by atoms with Gasteiger partial charge in [0.1, 0.15) is 11.6 Å². The van der Waals surface area contributed by atoms with Crippen molar-refractivity contribution in [1.29, 1.82) is 0 Å². The van der Waals surface area contributed by atoms with E-state index < -0.39 is 0 Å². The smallest absolute Gasteiger partial charge is 0.249 e. The molecule has 1 aliphatic rings. The van der Waals surface area contributed by atoms with Crippen LogP contribution < -0.4 is 14.8 Å². The lowest BCUT2D eigenvalue weighted by Gasteiger charge is -2.10. The van der Waals surface area contributed by atoms with Crippen LogP contribution in [-0.4, -0.2) is 29.9 Å². The van der Waals surface area contributed by atoms with Crippen molar-refractivity contribution >= 4 is 29.6 Å². The largest absolute Gasteiger partial charge is 0.493 e. The van der Waals surface area contributed by atoms with E-state index in [1.165, 1.54) is 18.2 Å². The van der Waals surface area contributed by atoms with E-state index in [2.05, 4.69) is 10.4 Å². The first kappa shape index (κ1) is 20.0. The van der Waals surface area contributed by atoms with E-state index in [0.717, 1.165) is 28.3 Å². The molecule has 4 rings (SSSR count). The average molecular weight is 425 g/mol. The van der Waals surface area contributed by atoms with Crippen LogP contribution in [0.1, 0.15) is 16.8 Å². The fraction of sp³-hybridized carbons (Fsp3) is 0.182. The highest BCUT2D eigenvalue weighted by Crippen LogP contribution is 2.36. The molecule has 8 heteroatoms. The normalized spacial score (nSPS) is 12.8. The maximum Gasteiger partial charge on any atom is 0.249 e. The quantitative estimate of drug-likeness (QED) is 0.592. The van der Waals surface area contributed by atoms with E-state index in [0.29, 0.717) is 23.0 Å². The molecule has 0 unspecified atom stereocenters. The predicted octanol–water partition coefficient (Wildman–Crippen LogP) is 4.43. The molecule has 0 saturated carbocycles. The van der Waals surface area contributed by atoms with Gasteiger partial charge in [0.25, 0.3) is 0 Å². The molecule has 0 atom stereocenters. The fourth-order valence-electron chi connectivity index (χ4n) is 3.20. The summed E-state index contributed by atoms with van der Waals surface area (Å²) in [6.07, 6.45) is 3.16. The Morgan fingerprint density at radius 3 is 2.63 bits per heavy atom. The number of nitrogens with zero attached hydrogens (tertiary/aromatic N) is 2. The lowest BCUT2D eigenvalue weighted by Crippen LogP contribution is -2.13. The number of rotatable bonds is 6. The van der Waals surface area contributed by atoms with Gasteiger partial charge in [-0.25, -0.2) is 9.07 Å². The number of hydrogen-bond donors (Lipinski definition) is 1. The van der Waals surface area contributed by atoms with Gasteiger partial charge in [0.05, 0.1) is 25.6 Å². The number of carbonyl (C=O) groups excluding carboxylic acids is 1. The van der Waals surface area contributed by atoms with Crippen LogP contribution >= 0.6 is 11.8 Å². The summed E-state index contributed by atoms with van der Waals surface area (Å²) < 4.78 is 25.5. The van der Waals surface area contributed by atoms with Gasteiger partial charge in [-0.3, -0.25) is 4.79 Å². The Labute approximate surface area is 177 Å². The Balaban J connectivity index is 1.58. The SMILES string of the molecule is COc1ccc(/C=C/C(=O)Nc2c3c(nn2-c2ccc(F)cc2)CSC3)cc1OC. The second-order valence-electron chi connectivity index (χ2n) is 6.59. The van der Waals surface area contributed by atoms with Crippen molar-refractivity contribution in [2.75, 3.05) is 19.5 Å². The van der Waals surface area contributed by atoms with E-state index in [1.807, 2.05) is 6.07 Å². The van der Waals surface area contributed by atoms with Crippen molar-refractivity contribution in [3.63, 3.8) is 0 Å². The number of benzene rings is 2. The van der Waals surface area contributed by atoms with Gasteiger partial charge in [-0.05, 0) is 48.0 Å². The number of aromatic nitrogens is 2. The van der Waals surface area contributed by atoms with Gasteiger partial charge in [-0.15, -0.1) is 0 Å². The molecule has 0 aliphatic carbocycles. The highest BCUT2D eigenvalue weighted by molar-refractivity contribution is 7.98. The highest BCUT2D eigenvalue weighted by atomic mass is 32.2. The van der Waals surface area contributed by atoms with Crippen LogP contribution in [0.3, 0.4) is 0 Å². The van der Waals surface area contributed by atoms with Crippen molar-refractivity contribution in [1.82, 2.24) is 9.78 Å². The van der Waals surface area contributed by atoms with E-state index in [9.17, 15) is 9.18 Å². The third-order valence-corrected chi connectivity index (χ3v) is 5.67. The molecular weight excluding hydrogens is 405 g/mol. The third kappa shape index (κ3) is 4.04. The van der Waals surface area contributed by atoms with Gasteiger partial charge in [0, 0.05) is 23.1 Å². The van der Waals surface area contributed by atoms with Crippen LogP contribution in [0.25, 0.3) is 11.8 Å². The van der Waals surface area contributed by atoms with E-state index in [-0.39, 0.29) is 11.7 Å². The summed E-state index contributed by atoms with van der Waals surface area (Å²) in [7, 11) is 3.13. The van der Waals surface area contributed by atoms with E-state index in [4.69, 9.17) is 9.47 Å². The number of hydrogen-bond acceptors (Lipinski definition) is 5. The summed E-state index contributed by atoms with van der Waals surface area (Å²) in [5.41, 5.74) is 3.42. The molecule has 154 valence electrons. The number of carbonyl (C=O) groups is 1. The predicted molar refractivity (Wildman–Crippen MR) is 116 cm³/mol. The zero-order valence-electron chi connectivity index (χ0n) is 16.5. The third-order valence-electron chi connectivity index (χ3n) is 4.70. The second-order valence-corrected chi connectivity index (χ2v) is 7.58. The Bertz CT molecular complexity index is 1110. The molecule has 30 heavy (non-hydrogen) atoms. The summed E-state index contributed by atoms with van der Waals surface area (Å²) in [5.74, 6) is 2.77. The van der Waals surface area contributed by atoms with Gasteiger partial charge in [-0.2, -0.15) is 16.9 Å². The molecule has 0 radical (unpaired) electrons. The maximum atomic E-state index is 13.3. The van der Waals surface area contributed by atoms with Crippen LogP contribution in [-0.2, 0) is 16.3 Å². The number of nitrogens with one attached hydrogen (secondary N) is 1. The van der Waals surface area contributed by atoms with Crippen molar-refractivity contribution in [3.8, 4) is 17.2 Å². The molecule has 1 N–H and O–H groups in total. The van der Waals surface area contributed by atoms with Crippen LogP contribution in [0.4, 0.5) is 10.2 Å². The number of fused-ring (bicyclic) bond motifs is 1. The first-order valence-corrected chi connectivity index (χ1v) is 10.4. The Hall–Kier alpha value is -3.26. The number of thioether (sulfide) groups is 1. The molecule has 0 spiro atoms. The molecule has 2 aromatic carbocycles. The maximum absolute atomic E-state index is 13.3.